The van der Waals surface area contributed by atoms with E-state index in [9.17, 15) is 4.79 Å². The van der Waals surface area contributed by atoms with Gasteiger partial charge in [-0.15, -0.1) is 0 Å². The van der Waals surface area contributed by atoms with E-state index in [1.54, 1.807) is 7.05 Å². The van der Waals surface area contributed by atoms with Crippen LogP contribution in [0.25, 0.3) is 0 Å². The third kappa shape index (κ3) is 2.82. The minimum Gasteiger partial charge on any atom is -0.382 e. The summed E-state index contributed by atoms with van der Waals surface area (Å²) >= 11 is 1.26. The standard InChI is InChI=1S/C12H20N4O2S/c1-7-5-16(6-12(2,3)18-7)11-8(10(17)14-4)9(13)15-19-11/h7H,5-6H2,1-4H3,(H2,13,15)(H,14,17). The Morgan fingerprint density at radius 3 is 2.89 bits per heavy atom. The highest BCUT2D eigenvalue weighted by atomic mass is 32.1. The normalized spacial score (nSPS) is 22.3. The number of nitrogens with zero attached hydrogens (tertiary/aromatic N) is 2. The highest BCUT2D eigenvalue weighted by molar-refractivity contribution is 7.11. The molecule has 0 radical (unpaired) electrons. The maximum atomic E-state index is 11.9. The molecule has 6 nitrogen and oxygen atoms in total. The van der Waals surface area contributed by atoms with Gasteiger partial charge in [0.2, 0.25) is 0 Å². The van der Waals surface area contributed by atoms with Crippen LogP contribution in [0, 0.1) is 0 Å². The van der Waals surface area contributed by atoms with E-state index >= 15 is 0 Å². The van der Waals surface area contributed by atoms with Crippen LogP contribution in [-0.2, 0) is 4.74 Å². The summed E-state index contributed by atoms with van der Waals surface area (Å²) in [4.78, 5) is 14.1. The van der Waals surface area contributed by atoms with Gasteiger partial charge in [0.25, 0.3) is 5.91 Å². The first-order valence-corrected chi connectivity index (χ1v) is 7.01. The lowest BCUT2D eigenvalue weighted by Crippen LogP contribution is -2.52. The number of hydrogen-bond donors (Lipinski definition) is 2. The largest absolute Gasteiger partial charge is 0.382 e. The van der Waals surface area contributed by atoms with Gasteiger partial charge in [0.05, 0.1) is 11.7 Å². The number of nitrogen functional groups attached to an aromatic ring is 1. The Morgan fingerprint density at radius 1 is 1.63 bits per heavy atom. The zero-order valence-electron chi connectivity index (χ0n) is 11.7. The number of nitrogens with two attached hydrogens (primary N) is 1. The minimum atomic E-state index is -0.254. The molecule has 0 aliphatic carbocycles. The van der Waals surface area contributed by atoms with E-state index in [1.165, 1.54) is 11.5 Å². The van der Waals surface area contributed by atoms with Crippen LogP contribution in [0.1, 0.15) is 31.1 Å². The first kappa shape index (κ1) is 14.1. The number of rotatable bonds is 2. The molecule has 106 valence electrons. The zero-order valence-corrected chi connectivity index (χ0v) is 12.5. The van der Waals surface area contributed by atoms with Gasteiger partial charge in [0.1, 0.15) is 10.6 Å². The number of carbonyl (C=O) groups excluding carboxylic acids is 1. The predicted octanol–water partition coefficient (Wildman–Crippen LogP) is 1.09. The molecule has 1 aromatic heterocycles. The molecule has 19 heavy (non-hydrogen) atoms. The van der Waals surface area contributed by atoms with Crippen molar-refractivity contribution in [1.82, 2.24) is 9.69 Å². The highest BCUT2D eigenvalue weighted by Crippen LogP contribution is 2.34. The molecule has 7 heteroatoms. The summed E-state index contributed by atoms with van der Waals surface area (Å²) in [6.07, 6.45) is 0.101. The van der Waals surface area contributed by atoms with Crippen LogP contribution < -0.4 is 16.0 Å². The third-order valence-electron chi connectivity index (χ3n) is 3.01. The lowest BCUT2D eigenvalue weighted by atomic mass is 10.1. The summed E-state index contributed by atoms with van der Waals surface area (Å²) in [5.41, 5.74) is 6.02. The first-order valence-electron chi connectivity index (χ1n) is 6.24. The molecule has 0 saturated carbocycles. The SMILES string of the molecule is CNC(=O)c1c(N)nsc1N1CC(C)OC(C)(C)C1. The van der Waals surface area contributed by atoms with E-state index in [2.05, 4.69) is 14.6 Å². The molecular weight excluding hydrogens is 264 g/mol. The second kappa shape index (κ2) is 4.97. The Labute approximate surface area is 117 Å². The Hall–Kier alpha value is -1.34. The van der Waals surface area contributed by atoms with Crippen molar-refractivity contribution in [3.05, 3.63) is 5.56 Å². The van der Waals surface area contributed by atoms with Crippen molar-refractivity contribution in [3.63, 3.8) is 0 Å². The van der Waals surface area contributed by atoms with Gasteiger partial charge in [-0.3, -0.25) is 4.79 Å². The van der Waals surface area contributed by atoms with E-state index in [0.29, 0.717) is 12.1 Å². The lowest BCUT2D eigenvalue weighted by molar-refractivity contribution is -0.0748. The lowest BCUT2D eigenvalue weighted by Gasteiger charge is -2.42. The van der Waals surface area contributed by atoms with Crippen molar-refractivity contribution in [2.45, 2.75) is 32.5 Å². The second-order valence-electron chi connectivity index (χ2n) is 5.40. The smallest absolute Gasteiger partial charge is 0.257 e. The molecule has 2 heterocycles. The fourth-order valence-corrected chi connectivity index (χ4v) is 3.28. The number of amides is 1. The van der Waals surface area contributed by atoms with Crippen LogP contribution in [0.4, 0.5) is 10.8 Å². The molecule has 3 N–H and O–H groups in total. The molecule has 1 atom stereocenters. The van der Waals surface area contributed by atoms with E-state index in [4.69, 9.17) is 10.5 Å². The van der Waals surface area contributed by atoms with Gasteiger partial charge in [-0.25, -0.2) is 0 Å². The molecule has 2 rings (SSSR count). The van der Waals surface area contributed by atoms with Gasteiger partial charge < -0.3 is 20.7 Å². The number of aromatic nitrogens is 1. The summed E-state index contributed by atoms with van der Waals surface area (Å²) in [5.74, 6) is 0.0921. The average molecular weight is 284 g/mol. The summed E-state index contributed by atoms with van der Waals surface area (Å²) < 4.78 is 9.98. The molecule has 0 bridgehead atoms. The molecule has 1 saturated heterocycles. The molecule has 0 spiro atoms. The van der Waals surface area contributed by atoms with Crippen molar-refractivity contribution in [3.8, 4) is 0 Å². The van der Waals surface area contributed by atoms with E-state index in [-0.39, 0.29) is 23.4 Å². The summed E-state index contributed by atoms with van der Waals surface area (Å²) in [6, 6.07) is 0. The van der Waals surface area contributed by atoms with E-state index < -0.39 is 0 Å². The van der Waals surface area contributed by atoms with Crippen LogP contribution in [0.3, 0.4) is 0 Å². The quantitative estimate of drug-likeness (QED) is 0.849. The van der Waals surface area contributed by atoms with Crippen molar-refractivity contribution in [1.29, 1.82) is 0 Å². The van der Waals surface area contributed by atoms with Gasteiger partial charge in [-0.05, 0) is 32.3 Å². The Kier molecular flexibility index (Phi) is 3.69. The zero-order chi connectivity index (χ0) is 14.2. The number of ether oxygens (including phenoxy) is 1. The Bertz CT molecular complexity index is 486. The minimum absolute atomic E-state index is 0.101. The summed E-state index contributed by atoms with van der Waals surface area (Å²) in [7, 11) is 1.59. The fourth-order valence-electron chi connectivity index (χ4n) is 2.46. The van der Waals surface area contributed by atoms with Crippen molar-refractivity contribution < 1.29 is 9.53 Å². The highest BCUT2D eigenvalue weighted by Gasteiger charge is 2.34. The summed E-state index contributed by atoms with van der Waals surface area (Å²) in [6.45, 7) is 7.55. The van der Waals surface area contributed by atoms with Crippen LogP contribution >= 0.6 is 11.5 Å². The van der Waals surface area contributed by atoms with Crippen LogP contribution in [-0.4, -0.2) is 42.1 Å². The molecular formula is C12H20N4O2S. The molecule has 1 aliphatic rings. The Morgan fingerprint density at radius 2 is 2.32 bits per heavy atom. The van der Waals surface area contributed by atoms with Gasteiger partial charge in [0, 0.05) is 20.1 Å². The van der Waals surface area contributed by atoms with Gasteiger partial charge in [0.15, 0.2) is 5.82 Å². The van der Waals surface area contributed by atoms with Crippen LogP contribution in [0.2, 0.25) is 0 Å². The topological polar surface area (TPSA) is 80.5 Å². The summed E-state index contributed by atoms with van der Waals surface area (Å²) in [5, 5.41) is 3.43. The van der Waals surface area contributed by atoms with E-state index in [0.717, 1.165) is 11.5 Å². The fraction of sp³-hybridized carbons (Fsp3) is 0.667. The maximum Gasteiger partial charge on any atom is 0.257 e. The number of nitrogens with one attached hydrogen (secondary N) is 1. The van der Waals surface area contributed by atoms with Crippen molar-refractivity contribution in [2.24, 2.45) is 0 Å². The monoisotopic (exact) mass is 284 g/mol. The Balaban J connectivity index is 2.34. The number of hydrogen-bond acceptors (Lipinski definition) is 6. The van der Waals surface area contributed by atoms with Gasteiger partial charge in [-0.1, -0.05) is 0 Å². The molecule has 1 aliphatic heterocycles. The van der Waals surface area contributed by atoms with Gasteiger partial charge in [-0.2, -0.15) is 4.37 Å². The predicted molar refractivity (Wildman–Crippen MR) is 76.8 cm³/mol. The van der Waals surface area contributed by atoms with Crippen LogP contribution in [0.15, 0.2) is 0 Å². The molecule has 1 unspecified atom stereocenters. The molecule has 1 fully saturated rings. The second-order valence-corrected chi connectivity index (χ2v) is 6.15. The molecule has 1 amide bonds. The van der Waals surface area contributed by atoms with E-state index in [1.807, 2.05) is 20.8 Å². The van der Waals surface area contributed by atoms with Crippen LogP contribution in [0.5, 0.6) is 0 Å². The van der Waals surface area contributed by atoms with Crippen molar-refractivity contribution in [2.75, 3.05) is 30.8 Å². The maximum absolute atomic E-state index is 11.9. The van der Waals surface area contributed by atoms with Gasteiger partial charge >= 0.3 is 0 Å². The number of carbonyl (C=O) groups is 1. The first-order chi connectivity index (χ1) is 8.84. The molecule has 0 aromatic carbocycles. The number of morpholine rings is 1. The third-order valence-corrected chi connectivity index (χ3v) is 3.93. The number of anilines is 2. The average Bonchev–Trinajstić information content (AvgIpc) is 2.67. The molecule has 1 aromatic rings. The van der Waals surface area contributed by atoms with Crippen molar-refractivity contribution >= 4 is 28.3 Å².